The number of carbonyl (C=O) groups is 4. The largest absolute Gasteiger partial charge is 0.472 e. The number of phosphoric ester groups is 2. The number of rotatable bonds is 63. The lowest BCUT2D eigenvalue weighted by Crippen LogP contribution is -2.30. The third-order valence-corrected chi connectivity index (χ3v) is 16.8. The molecule has 6 atom stereocenters. The molecule has 0 heterocycles. The summed E-state index contributed by atoms with van der Waals surface area (Å²) in [6.07, 6.45) is 40.7. The van der Waals surface area contributed by atoms with Crippen molar-refractivity contribution in [1.82, 2.24) is 0 Å². The minimum absolute atomic E-state index is 0.103. The second-order valence-electron chi connectivity index (χ2n) is 23.0. The van der Waals surface area contributed by atoms with Crippen LogP contribution in [0.15, 0.2) is 0 Å². The molecule has 0 saturated carbocycles. The van der Waals surface area contributed by atoms with E-state index in [1.165, 1.54) is 122 Å². The summed E-state index contributed by atoms with van der Waals surface area (Å²) >= 11 is 0. The average molecular weight is 1210 g/mol. The Kier molecular flexibility index (Phi) is 55.5. The summed E-state index contributed by atoms with van der Waals surface area (Å²) < 4.78 is 67.6. The van der Waals surface area contributed by atoms with Crippen molar-refractivity contribution < 1.29 is 80.2 Å². The van der Waals surface area contributed by atoms with Crippen LogP contribution in [0.25, 0.3) is 0 Å². The number of phosphoric acid groups is 2. The van der Waals surface area contributed by atoms with E-state index in [1.807, 2.05) is 0 Å². The number of unbranched alkanes of at least 4 members (excludes halogenated alkanes) is 34. The van der Waals surface area contributed by atoms with E-state index in [1.54, 1.807) is 0 Å². The van der Waals surface area contributed by atoms with Crippen molar-refractivity contribution in [1.29, 1.82) is 0 Å². The summed E-state index contributed by atoms with van der Waals surface area (Å²) in [6, 6.07) is 0. The van der Waals surface area contributed by atoms with Crippen LogP contribution in [-0.2, 0) is 65.4 Å². The lowest BCUT2D eigenvalue weighted by Gasteiger charge is -2.21. The normalized spacial score (nSPS) is 14.6. The van der Waals surface area contributed by atoms with E-state index in [0.29, 0.717) is 25.7 Å². The smallest absolute Gasteiger partial charge is 0.462 e. The summed E-state index contributed by atoms with van der Waals surface area (Å²) in [7, 11) is -9.87. The van der Waals surface area contributed by atoms with Crippen molar-refractivity contribution in [3.05, 3.63) is 0 Å². The number of aliphatic hydroxyl groups is 1. The van der Waals surface area contributed by atoms with Gasteiger partial charge in [-0.05, 0) is 31.6 Å². The molecular weight excluding hydrogens is 1090 g/mol. The van der Waals surface area contributed by atoms with Crippen molar-refractivity contribution in [3.63, 3.8) is 0 Å². The highest BCUT2D eigenvalue weighted by Crippen LogP contribution is 2.45. The monoisotopic (exact) mass is 1210 g/mol. The van der Waals surface area contributed by atoms with E-state index < -0.39 is 97.5 Å². The number of aliphatic hydroxyl groups excluding tert-OH is 1. The standard InChI is InChI=1S/C63H122O17P2/c1-6-10-13-16-18-19-20-26-29-33-37-42-47-61(66)74-53-59(80-63(68)49-44-39-34-30-27-24-22-21-23-25-28-32-36-40-45-56(5)9-4)55-78-82(71,72)76-51-57(64)50-75-81(69,70)77-54-58(52-73-60(65)46-41-35-15-12-8-3)79-62(67)48-43-38-31-17-14-11-7-2/h56-59,64H,6-55H2,1-5H3,(H,69,70)(H,71,72)/t56?,57-,58+,59+/m0/s1. The van der Waals surface area contributed by atoms with Gasteiger partial charge < -0.3 is 33.8 Å². The van der Waals surface area contributed by atoms with Crippen LogP contribution in [0.4, 0.5) is 0 Å². The molecule has 0 fully saturated rings. The van der Waals surface area contributed by atoms with Crippen molar-refractivity contribution in [3.8, 4) is 0 Å². The molecular formula is C63H122O17P2. The fraction of sp³-hybridized carbons (Fsp3) is 0.937. The molecule has 0 amide bonds. The van der Waals surface area contributed by atoms with Gasteiger partial charge in [0.2, 0.25) is 0 Å². The Labute approximate surface area is 498 Å². The summed E-state index contributed by atoms with van der Waals surface area (Å²) in [6.45, 7) is 7.11. The van der Waals surface area contributed by atoms with Crippen LogP contribution in [0.2, 0.25) is 0 Å². The minimum atomic E-state index is -4.94. The van der Waals surface area contributed by atoms with Gasteiger partial charge in [0.05, 0.1) is 26.4 Å². The van der Waals surface area contributed by atoms with E-state index >= 15 is 0 Å². The average Bonchev–Trinajstić information content (AvgIpc) is 3.46. The van der Waals surface area contributed by atoms with Crippen LogP contribution in [0, 0.1) is 5.92 Å². The Balaban J connectivity index is 5.12. The first-order valence-electron chi connectivity index (χ1n) is 33.2. The highest BCUT2D eigenvalue weighted by atomic mass is 31.2. The summed E-state index contributed by atoms with van der Waals surface area (Å²) in [5.74, 6) is -1.30. The van der Waals surface area contributed by atoms with Crippen LogP contribution < -0.4 is 0 Å². The topological polar surface area (TPSA) is 237 Å². The maximum Gasteiger partial charge on any atom is 0.472 e. The predicted molar refractivity (Wildman–Crippen MR) is 326 cm³/mol. The first kappa shape index (κ1) is 80.1. The van der Waals surface area contributed by atoms with Crippen molar-refractivity contribution in [2.75, 3.05) is 39.6 Å². The summed E-state index contributed by atoms with van der Waals surface area (Å²) in [5, 5.41) is 10.5. The van der Waals surface area contributed by atoms with Gasteiger partial charge in [-0.2, -0.15) is 0 Å². The van der Waals surface area contributed by atoms with Gasteiger partial charge in [-0.3, -0.25) is 37.3 Å². The SMILES string of the molecule is CCCCCCCCCCCCCCC(=O)OC[C@H](COP(=O)(O)OC[C@@H](O)COP(=O)(O)OC[C@@H](COC(=O)CCCCCCC)OC(=O)CCCCCCCCC)OC(=O)CCCCCCCCCCCCCCCCC(C)CC. The highest BCUT2D eigenvalue weighted by Gasteiger charge is 2.30. The predicted octanol–water partition coefficient (Wildman–Crippen LogP) is 17.4. The van der Waals surface area contributed by atoms with E-state index in [4.69, 9.17) is 37.0 Å². The van der Waals surface area contributed by atoms with Crippen molar-refractivity contribution in [2.24, 2.45) is 5.92 Å². The molecule has 0 bridgehead atoms. The van der Waals surface area contributed by atoms with Gasteiger partial charge in [0.25, 0.3) is 0 Å². The highest BCUT2D eigenvalue weighted by molar-refractivity contribution is 7.47. The van der Waals surface area contributed by atoms with Crippen LogP contribution >= 0.6 is 15.6 Å². The van der Waals surface area contributed by atoms with E-state index in [0.717, 1.165) is 115 Å². The van der Waals surface area contributed by atoms with E-state index in [-0.39, 0.29) is 25.7 Å². The summed E-state index contributed by atoms with van der Waals surface area (Å²) in [4.78, 5) is 71.8. The fourth-order valence-corrected chi connectivity index (χ4v) is 11.0. The van der Waals surface area contributed by atoms with Gasteiger partial charge >= 0.3 is 39.5 Å². The first-order valence-corrected chi connectivity index (χ1v) is 36.2. The first-order chi connectivity index (χ1) is 39.6. The maximum atomic E-state index is 13.0. The number of hydrogen-bond donors (Lipinski definition) is 3. The number of carbonyl (C=O) groups excluding carboxylic acids is 4. The second kappa shape index (κ2) is 56.8. The van der Waals surface area contributed by atoms with E-state index in [2.05, 4.69) is 34.6 Å². The molecule has 3 unspecified atom stereocenters. The van der Waals surface area contributed by atoms with Crippen LogP contribution in [0.1, 0.15) is 317 Å². The van der Waals surface area contributed by atoms with Gasteiger partial charge in [0, 0.05) is 25.7 Å². The zero-order valence-corrected chi connectivity index (χ0v) is 54.4. The number of esters is 4. The zero-order chi connectivity index (χ0) is 60.6. The van der Waals surface area contributed by atoms with Gasteiger partial charge in [0.15, 0.2) is 12.2 Å². The van der Waals surface area contributed by atoms with E-state index in [9.17, 15) is 43.2 Å². The Bertz CT molecular complexity index is 1600. The zero-order valence-electron chi connectivity index (χ0n) is 52.6. The molecule has 0 aliphatic carbocycles. The third kappa shape index (κ3) is 55.9. The Morgan fingerprint density at radius 3 is 0.866 bits per heavy atom. The molecule has 0 rings (SSSR count). The van der Waals surface area contributed by atoms with Gasteiger partial charge in [-0.25, -0.2) is 9.13 Å². The maximum absolute atomic E-state index is 13.0. The molecule has 82 heavy (non-hydrogen) atoms. The molecule has 0 aromatic carbocycles. The molecule has 0 aliphatic heterocycles. The quantitative estimate of drug-likeness (QED) is 0.0222. The van der Waals surface area contributed by atoms with Crippen LogP contribution in [-0.4, -0.2) is 96.7 Å². The lowest BCUT2D eigenvalue weighted by atomic mass is 9.99. The van der Waals surface area contributed by atoms with Gasteiger partial charge in [-0.15, -0.1) is 0 Å². The molecule has 19 heteroatoms. The molecule has 17 nitrogen and oxygen atoms in total. The summed E-state index contributed by atoms with van der Waals surface area (Å²) in [5.41, 5.74) is 0. The minimum Gasteiger partial charge on any atom is -0.462 e. The molecule has 0 aromatic rings. The fourth-order valence-electron chi connectivity index (χ4n) is 9.37. The molecule has 0 aliphatic rings. The molecule has 0 saturated heterocycles. The Morgan fingerprint density at radius 2 is 0.585 bits per heavy atom. The Morgan fingerprint density at radius 1 is 0.341 bits per heavy atom. The van der Waals surface area contributed by atoms with Crippen molar-refractivity contribution >= 4 is 39.5 Å². The molecule has 3 N–H and O–H groups in total. The molecule has 486 valence electrons. The molecule has 0 spiro atoms. The van der Waals surface area contributed by atoms with Gasteiger partial charge in [-0.1, -0.05) is 266 Å². The van der Waals surface area contributed by atoms with Gasteiger partial charge in [0.1, 0.15) is 19.3 Å². The molecule has 0 radical (unpaired) electrons. The Hall–Kier alpha value is -1.94. The van der Waals surface area contributed by atoms with Crippen LogP contribution in [0.3, 0.4) is 0 Å². The second-order valence-corrected chi connectivity index (χ2v) is 25.9. The van der Waals surface area contributed by atoms with Crippen molar-refractivity contribution in [2.45, 2.75) is 335 Å². The third-order valence-electron chi connectivity index (χ3n) is 14.9. The van der Waals surface area contributed by atoms with Crippen LogP contribution in [0.5, 0.6) is 0 Å². The number of ether oxygens (including phenoxy) is 4. The number of hydrogen-bond acceptors (Lipinski definition) is 15. The molecule has 0 aromatic heterocycles. The lowest BCUT2D eigenvalue weighted by molar-refractivity contribution is -0.161.